The first-order chi connectivity index (χ1) is 17.8. The summed E-state index contributed by atoms with van der Waals surface area (Å²) >= 11 is 5.88. The second-order valence-electron chi connectivity index (χ2n) is 9.48. The van der Waals surface area contributed by atoms with Crippen LogP contribution in [0.25, 0.3) is 0 Å². The third-order valence-electron chi connectivity index (χ3n) is 7.04. The smallest absolute Gasteiger partial charge is 0.236 e. The topological polar surface area (TPSA) is 72.1 Å². The summed E-state index contributed by atoms with van der Waals surface area (Å²) in [6, 6.07) is 18.8. The Hall–Kier alpha value is -3.78. The number of nitrogens with zero attached hydrogens (tertiary/aromatic N) is 1. The summed E-state index contributed by atoms with van der Waals surface area (Å²) < 4.78 is 18.4. The van der Waals surface area contributed by atoms with Gasteiger partial charge in [0.2, 0.25) is 5.91 Å². The molecule has 3 aromatic carbocycles. The maximum Gasteiger partial charge on any atom is 0.236 e. The van der Waals surface area contributed by atoms with Crippen LogP contribution in [0.15, 0.2) is 60.7 Å². The van der Waals surface area contributed by atoms with Crippen LogP contribution in [0.2, 0.25) is 0 Å². The molecule has 5 rings (SSSR count). The van der Waals surface area contributed by atoms with Gasteiger partial charge in [-0.25, -0.2) is 0 Å². The molecule has 0 radical (unpaired) electrons. The van der Waals surface area contributed by atoms with E-state index in [4.69, 9.17) is 26.4 Å². The number of para-hydroxylation sites is 3. The van der Waals surface area contributed by atoms with Gasteiger partial charge < -0.3 is 24.8 Å². The van der Waals surface area contributed by atoms with Crippen molar-refractivity contribution in [2.24, 2.45) is 5.92 Å². The van der Waals surface area contributed by atoms with E-state index in [-0.39, 0.29) is 5.91 Å². The Morgan fingerprint density at radius 3 is 2.62 bits per heavy atom. The number of carbonyl (C=O) groups excluding carboxylic acids is 1. The van der Waals surface area contributed by atoms with Crippen molar-refractivity contribution in [3.63, 3.8) is 0 Å². The number of aryl methyl sites for hydroxylation is 2. The maximum atomic E-state index is 14.1. The molecule has 0 spiro atoms. The van der Waals surface area contributed by atoms with Gasteiger partial charge in [0.1, 0.15) is 11.7 Å². The molecule has 37 heavy (non-hydrogen) atoms. The SMILES string of the molecule is CCOc1cccc2c1O[C@]1(C)[C@@H](C(=O)Nc3ccc(C)cc3C)[C@@H]2NC(=S)N1c1ccccc1OC. The molecule has 3 atom stereocenters. The fourth-order valence-electron chi connectivity index (χ4n) is 5.38. The number of hydrogen-bond donors (Lipinski definition) is 2. The number of methoxy groups -OCH3 is 1. The lowest BCUT2D eigenvalue weighted by atomic mass is 9.78. The first kappa shape index (κ1) is 24.9. The summed E-state index contributed by atoms with van der Waals surface area (Å²) in [4.78, 5) is 16.0. The predicted octanol–water partition coefficient (Wildman–Crippen LogP) is 5.51. The molecule has 0 saturated carbocycles. The van der Waals surface area contributed by atoms with Gasteiger partial charge in [0.25, 0.3) is 0 Å². The van der Waals surface area contributed by atoms with Crippen LogP contribution in [-0.2, 0) is 4.79 Å². The minimum Gasteiger partial charge on any atom is -0.495 e. The zero-order valence-electron chi connectivity index (χ0n) is 21.6. The Balaban J connectivity index is 1.67. The number of anilines is 2. The third-order valence-corrected chi connectivity index (χ3v) is 7.34. The minimum atomic E-state index is -1.19. The van der Waals surface area contributed by atoms with E-state index >= 15 is 0 Å². The van der Waals surface area contributed by atoms with Gasteiger partial charge >= 0.3 is 0 Å². The summed E-state index contributed by atoms with van der Waals surface area (Å²) in [7, 11) is 1.61. The molecule has 1 amide bonds. The van der Waals surface area contributed by atoms with E-state index in [1.54, 1.807) is 7.11 Å². The van der Waals surface area contributed by atoms with Gasteiger partial charge in [0, 0.05) is 11.3 Å². The molecule has 1 saturated heterocycles. The Morgan fingerprint density at radius 2 is 1.89 bits per heavy atom. The normalized spacial score (nSPS) is 21.9. The minimum absolute atomic E-state index is 0.179. The predicted molar refractivity (Wildman–Crippen MR) is 149 cm³/mol. The average molecular weight is 518 g/mol. The van der Waals surface area contributed by atoms with Crippen LogP contribution in [0.1, 0.15) is 36.6 Å². The van der Waals surface area contributed by atoms with E-state index in [1.165, 1.54) is 0 Å². The summed E-state index contributed by atoms with van der Waals surface area (Å²) in [6.45, 7) is 8.33. The van der Waals surface area contributed by atoms with Gasteiger partial charge in [-0.3, -0.25) is 9.69 Å². The van der Waals surface area contributed by atoms with Crippen molar-refractivity contribution in [1.29, 1.82) is 0 Å². The van der Waals surface area contributed by atoms with Gasteiger partial charge in [-0.15, -0.1) is 0 Å². The Morgan fingerprint density at radius 1 is 1.14 bits per heavy atom. The van der Waals surface area contributed by atoms with E-state index < -0.39 is 17.7 Å². The van der Waals surface area contributed by atoms with Crippen LogP contribution in [0.5, 0.6) is 17.2 Å². The van der Waals surface area contributed by atoms with Crippen LogP contribution >= 0.6 is 12.2 Å². The maximum absolute atomic E-state index is 14.1. The Labute approximate surface area is 222 Å². The van der Waals surface area contributed by atoms with Crippen molar-refractivity contribution in [1.82, 2.24) is 5.32 Å². The molecule has 8 heteroatoms. The lowest BCUT2D eigenvalue weighted by Gasteiger charge is -2.56. The average Bonchev–Trinajstić information content (AvgIpc) is 2.86. The molecular weight excluding hydrogens is 486 g/mol. The highest BCUT2D eigenvalue weighted by molar-refractivity contribution is 7.80. The molecule has 2 aliphatic heterocycles. The number of rotatable bonds is 6. The molecule has 3 aromatic rings. The van der Waals surface area contributed by atoms with Crippen LogP contribution < -0.4 is 29.7 Å². The number of benzene rings is 3. The van der Waals surface area contributed by atoms with E-state index in [1.807, 2.05) is 93.3 Å². The lowest BCUT2D eigenvalue weighted by Crippen LogP contribution is -2.72. The summed E-state index contributed by atoms with van der Waals surface area (Å²) in [5, 5.41) is 7.04. The number of amides is 1. The van der Waals surface area contributed by atoms with Crippen LogP contribution in [0, 0.1) is 19.8 Å². The summed E-state index contributed by atoms with van der Waals surface area (Å²) in [5.74, 6) is 0.990. The molecule has 192 valence electrons. The molecule has 0 aromatic heterocycles. The Kier molecular flexibility index (Phi) is 6.45. The van der Waals surface area contributed by atoms with Crippen molar-refractivity contribution in [2.45, 2.75) is 39.5 Å². The first-order valence-corrected chi connectivity index (χ1v) is 12.8. The zero-order chi connectivity index (χ0) is 26.3. The second-order valence-corrected chi connectivity index (χ2v) is 9.87. The molecule has 2 aliphatic rings. The van der Waals surface area contributed by atoms with Crippen LogP contribution in [0.3, 0.4) is 0 Å². The van der Waals surface area contributed by atoms with E-state index in [2.05, 4.69) is 10.6 Å². The van der Waals surface area contributed by atoms with Gasteiger partial charge in [-0.05, 0) is 69.7 Å². The Bertz CT molecular complexity index is 1380. The van der Waals surface area contributed by atoms with E-state index in [0.29, 0.717) is 34.7 Å². The highest BCUT2D eigenvalue weighted by atomic mass is 32.1. The quantitative estimate of drug-likeness (QED) is 0.418. The van der Waals surface area contributed by atoms with Crippen LogP contribution in [-0.4, -0.2) is 30.5 Å². The first-order valence-electron chi connectivity index (χ1n) is 12.3. The highest BCUT2D eigenvalue weighted by Gasteiger charge is 2.60. The fourth-order valence-corrected chi connectivity index (χ4v) is 5.79. The molecule has 2 heterocycles. The standard InChI is InChI=1S/C29H31N3O4S/c1-6-35-23-13-9-10-19-25-24(27(33)30-20-15-14-17(2)16-18(20)3)29(4,36-26(19)23)32(28(37)31-25)21-11-7-8-12-22(21)34-5/h7-16,24-25H,6H2,1-5H3,(H,30,33)(H,31,37)/t24-,25-,29-/m1/s1. The number of fused-ring (bicyclic) bond motifs is 4. The van der Waals surface area contributed by atoms with Crippen molar-refractivity contribution < 1.29 is 19.0 Å². The van der Waals surface area contributed by atoms with E-state index in [9.17, 15) is 4.79 Å². The number of hydrogen-bond acceptors (Lipinski definition) is 5. The summed E-state index contributed by atoms with van der Waals surface area (Å²) in [6.07, 6.45) is 0. The fraction of sp³-hybridized carbons (Fsp3) is 0.310. The van der Waals surface area contributed by atoms with Gasteiger partial charge in [0.15, 0.2) is 22.3 Å². The highest BCUT2D eigenvalue weighted by Crippen LogP contribution is 2.53. The second kappa shape index (κ2) is 9.59. The van der Waals surface area contributed by atoms with Gasteiger partial charge in [-0.2, -0.15) is 0 Å². The zero-order valence-corrected chi connectivity index (χ0v) is 22.4. The molecular formula is C29H31N3O4S. The summed E-state index contributed by atoms with van der Waals surface area (Å²) in [5.41, 5.74) is 3.22. The van der Waals surface area contributed by atoms with Gasteiger partial charge in [-0.1, -0.05) is 42.0 Å². The number of carbonyl (C=O) groups is 1. The molecule has 0 aliphatic carbocycles. The number of thiocarbonyl (C=S) groups is 1. The monoisotopic (exact) mass is 517 g/mol. The molecule has 7 nitrogen and oxygen atoms in total. The lowest BCUT2D eigenvalue weighted by molar-refractivity contribution is -0.130. The molecule has 0 unspecified atom stereocenters. The molecule has 2 bridgehead atoms. The van der Waals surface area contributed by atoms with Crippen molar-refractivity contribution in [3.05, 3.63) is 77.4 Å². The van der Waals surface area contributed by atoms with Crippen molar-refractivity contribution in [3.8, 4) is 17.2 Å². The van der Waals surface area contributed by atoms with Gasteiger partial charge in [0.05, 0.1) is 25.4 Å². The van der Waals surface area contributed by atoms with Crippen molar-refractivity contribution >= 4 is 34.6 Å². The third kappa shape index (κ3) is 4.15. The van der Waals surface area contributed by atoms with Crippen LogP contribution in [0.4, 0.5) is 11.4 Å². The molecule has 2 N–H and O–H groups in total. The molecule has 1 fully saturated rings. The van der Waals surface area contributed by atoms with E-state index in [0.717, 1.165) is 22.4 Å². The largest absolute Gasteiger partial charge is 0.495 e. The van der Waals surface area contributed by atoms with Crippen molar-refractivity contribution in [2.75, 3.05) is 23.9 Å². The number of ether oxygens (including phenoxy) is 3. The number of nitrogens with one attached hydrogen (secondary N) is 2.